The van der Waals surface area contributed by atoms with Crippen molar-refractivity contribution in [2.45, 2.75) is 18.1 Å². The van der Waals surface area contributed by atoms with E-state index < -0.39 is 29.6 Å². The molecule has 0 aliphatic carbocycles. The van der Waals surface area contributed by atoms with Gasteiger partial charge in [-0.05, 0) is 35.9 Å². The Balaban J connectivity index is 2.03. The first-order valence-electron chi connectivity index (χ1n) is 6.76. The van der Waals surface area contributed by atoms with Crippen molar-refractivity contribution in [3.05, 3.63) is 64.7 Å². The minimum atomic E-state index is -4.64. The van der Waals surface area contributed by atoms with Gasteiger partial charge >= 0.3 is 18.0 Å². The number of alkyl halides is 5. The summed E-state index contributed by atoms with van der Waals surface area (Å²) >= 11 is 5.71. The van der Waals surface area contributed by atoms with Gasteiger partial charge in [0.05, 0.1) is 5.56 Å². The van der Waals surface area contributed by atoms with Gasteiger partial charge < -0.3 is 0 Å². The van der Waals surface area contributed by atoms with Crippen LogP contribution in [0.4, 0.5) is 27.6 Å². The first-order chi connectivity index (χ1) is 11.1. The molecule has 0 aromatic heterocycles. The summed E-state index contributed by atoms with van der Waals surface area (Å²) in [6.45, 7) is 0. The molecule has 2 nitrogen and oxygen atoms in total. The molecule has 0 N–H and O–H groups in total. The van der Waals surface area contributed by atoms with Crippen LogP contribution in [-0.2, 0) is 11.0 Å². The molecule has 0 saturated carbocycles. The lowest BCUT2D eigenvalue weighted by molar-refractivity contribution is -0.162. The minimum Gasteiger partial charge on any atom is -0.293 e. The van der Waals surface area contributed by atoms with Crippen LogP contribution in [0.5, 0.6) is 0 Å². The summed E-state index contributed by atoms with van der Waals surface area (Å²) in [5, 5.41) is 0.318. The summed E-state index contributed by atoms with van der Waals surface area (Å²) in [5.74, 6) is -5.23. The lowest BCUT2D eigenvalue weighted by Crippen LogP contribution is -2.64. The molecule has 0 unspecified atom stereocenters. The van der Waals surface area contributed by atoms with E-state index in [0.717, 1.165) is 12.1 Å². The van der Waals surface area contributed by atoms with Crippen molar-refractivity contribution in [3.8, 4) is 0 Å². The Kier molecular flexibility index (Phi) is 3.79. The summed E-state index contributed by atoms with van der Waals surface area (Å²) < 4.78 is 66.4. The molecule has 2 aromatic rings. The fourth-order valence-corrected chi connectivity index (χ4v) is 2.72. The normalized spacial score (nSPS) is 20.0. The zero-order valence-electron chi connectivity index (χ0n) is 11.8. The van der Waals surface area contributed by atoms with Crippen LogP contribution in [0.3, 0.4) is 0 Å². The third-order valence-corrected chi connectivity index (χ3v) is 3.99. The van der Waals surface area contributed by atoms with Crippen molar-refractivity contribution < 1.29 is 26.7 Å². The molecule has 2 aromatic carbocycles. The Morgan fingerprint density at radius 2 is 1.67 bits per heavy atom. The quantitative estimate of drug-likeness (QED) is 0.539. The van der Waals surface area contributed by atoms with Gasteiger partial charge in [0.25, 0.3) is 0 Å². The Hall–Kier alpha value is -2.15. The molecule has 1 saturated heterocycles. The maximum absolute atomic E-state index is 14.0. The van der Waals surface area contributed by atoms with Gasteiger partial charge in [-0.1, -0.05) is 29.8 Å². The number of anilines is 1. The number of amides is 1. The Labute approximate surface area is 138 Å². The van der Waals surface area contributed by atoms with Gasteiger partial charge in [-0.25, -0.2) is 0 Å². The number of hydrogen-bond donors (Lipinski definition) is 0. The molecule has 3 rings (SSSR count). The molecular formula is C16H9ClF5NO. The van der Waals surface area contributed by atoms with E-state index in [-0.39, 0.29) is 11.3 Å². The number of nitrogens with zero attached hydrogens (tertiary/aromatic N) is 1. The molecule has 1 aliphatic rings. The van der Waals surface area contributed by atoms with Crippen molar-refractivity contribution in [3.63, 3.8) is 0 Å². The van der Waals surface area contributed by atoms with E-state index in [4.69, 9.17) is 11.6 Å². The molecule has 1 atom stereocenters. The Morgan fingerprint density at radius 1 is 1.04 bits per heavy atom. The fourth-order valence-electron chi connectivity index (χ4n) is 2.59. The minimum absolute atomic E-state index is 0.0846. The van der Waals surface area contributed by atoms with E-state index in [9.17, 15) is 26.7 Å². The molecule has 126 valence electrons. The van der Waals surface area contributed by atoms with Crippen LogP contribution in [0.1, 0.15) is 17.2 Å². The van der Waals surface area contributed by atoms with Crippen LogP contribution in [-0.4, -0.2) is 11.8 Å². The first-order valence-corrected chi connectivity index (χ1v) is 7.14. The topological polar surface area (TPSA) is 20.3 Å². The molecule has 1 aliphatic heterocycles. The molecular weight excluding hydrogens is 353 g/mol. The van der Waals surface area contributed by atoms with E-state index in [0.29, 0.717) is 16.0 Å². The third kappa shape index (κ3) is 2.62. The second kappa shape index (κ2) is 5.44. The standard InChI is InChI=1S/C16H9ClF5NO/c17-11-6-4-9(5-7-11)13-15(18,19)14(24)23(13)12-3-1-2-10(8-12)16(20,21)22/h1-8,13H/t13-/m0/s1. The predicted molar refractivity (Wildman–Crippen MR) is 78.1 cm³/mol. The molecule has 1 amide bonds. The van der Waals surface area contributed by atoms with Crippen LogP contribution >= 0.6 is 11.6 Å². The van der Waals surface area contributed by atoms with Gasteiger partial charge in [0.2, 0.25) is 0 Å². The molecule has 0 bridgehead atoms. The summed E-state index contributed by atoms with van der Waals surface area (Å²) in [4.78, 5) is 12.4. The van der Waals surface area contributed by atoms with Crippen LogP contribution in [0.2, 0.25) is 5.02 Å². The SMILES string of the molecule is O=C1N(c2cccc(C(F)(F)F)c2)[C@@H](c2ccc(Cl)cc2)C1(F)F. The summed E-state index contributed by atoms with van der Waals surface area (Å²) in [6, 6.07) is 7.44. The maximum Gasteiger partial charge on any atom is 0.416 e. The van der Waals surface area contributed by atoms with Crippen LogP contribution in [0, 0.1) is 0 Å². The van der Waals surface area contributed by atoms with Gasteiger partial charge in [-0.2, -0.15) is 22.0 Å². The second-order valence-electron chi connectivity index (χ2n) is 5.30. The maximum atomic E-state index is 14.0. The first kappa shape index (κ1) is 16.7. The monoisotopic (exact) mass is 361 g/mol. The lowest BCUT2D eigenvalue weighted by Gasteiger charge is -2.46. The van der Waals surface area contributed by atoms with Crippen molar-refractivity contribution >= 4 is 23.2 Å². The number of carbonyl (C=O) groups excluding carboxylic acids is 1. The molecule has 24 heavy (non-hydrogen) atoms. The zero-order valence-corrected chi connectivity index (χ0v) is 12.6. The van der Waals surface area contributed by atoms with Gasteiger partial charge in [-0.15, -0.1) is 0 Å². The van der Waals surface area contributed by atoms with Crippen LogP contribution in [0.25, 0.3) is 0 Å². The Morgan fingerprint density at radius 3 is 2.25 bits per heavy atom. The molecule has 0 radical (unpaired) electrons. The van der Waals surface area contributed by atoms with E-state index in [1.807, 2.05) is 0 Å². The summed E-state index contributed by atoms with van der Waals surface area (Å²) in [6.07, 6.45) is -4.64. The highest BCUT2D eigenvalue weighted by Gasteiger charge is 2.64. The van der Waals surface area contributed by atoms with Gasteiger partial charge in [0.15, 0.2) is 0 Å². The van der Waals surface area contributed by atoms with Crippen molar-refractivity contribution in [1.29, 1.82) is 0 Å². The van der Waals surface area contributed by atoms with Crippen LogP contribution < -0.4 is 4.90 Å². The fraction of sp³-hybridized carbons (Fsp3) is 0.188. The number of β-lactam (4-membered cyclic amide) rings is 1. The number of rotatable bonds is 2. The smallest absolute Gasteiger partial charge is 0.293 e. The molecule has 1 fully saturated rings. The number of hydrogen-bond acceptors (Lipinski definition) is 1. The third-order valence-electron chi connectivity index (χ3n) is 3.74. The Bertz CT molecular complexity index is 788. The molecule has 0 spiro atoms. The number of halogens is 6. The second-order valence-corrected chi connectivity index (χ2v) is 5.74. The predicted octanol–water partition coefficient (Wildman–Crippen LogP) is 5.08. The lowest BCUT2D eigenvalue weighted by atomic mass is 9.88. The van der Waals surface area contributed by atoms with Gasteiger partial charge in [0, 0.05) is 10.7 Å². The summed E-state index contributed by atoms with van der Waals surface area (Å²) in [5.41, 5.74) is -1.17. The van der Waals surface area contributed by atoms with Crippen molar-refractivity contribution in [2.75, 3.05) is 4.90 Å². The van der Waals surface area contributed by atoms with Gasteiger partial charge in [-0.3, -0.25) is 9.69 Å². The molecule has 1 heterocycles. The highest BCUT2D eigenvalue weighted by molar-refractivity contribution is 6.30. The number of benzene rings is 2. The van der Waals surface area contributed by atoms with E-state index >= 15 is 0 Å². The summed E-state index contributed by atoms with van der Waals surface area (Å²) in [7, 11) is 0. The highest BCUT2D eigenvalue weighted by Crippen LogP contribution is 2.50. The highest BCUT2D eigenvalue weighted by atomic mass is 35.5. The number of carbonyl (C=O) groups is 1. The van der Waals surface area contributed by atoms with E-state index in [1.54, 1.807) is 0 Å². The van der Waals surface area contributed by atoms with Crippen LogP contribution in [0.15, 0.2) is 48.5 Å². The zero-order chi connectivity index (χ0) is 17.7. The molecule has 8 heteroatoms. The van der Waals surface area contributed by atoms with Crippen molar-refractivity contribution in [1.82, 2.24) is 0 Å². The van der Waals surface area contributed by atoms with E-state index in [2.05, 4.69) is 0 Å². The largest absolute Gasteiger partial charge is 0.416 e. The average molecular weight is 362 g/mol. The average Bonchev–Trinajstić information content (AvgIpc) is 2.52. The van der Waals surface area contributed by atoms with E-state index in [1.165, 1.54) is 30.3 Å². The van der Waals surface area contributed by atoms with Gasteiger partial charge in [0.1, 0.15) is 6.04 Å². The van der Waals surface area contributed by atoms with Crippen molar-refractivity contribution in [2.24, 2.45) is 0 Å².